The molecular formula is C17H15N3O3S. The summed E-state index contributed by atoms with van der Waals surface area (Å²) in [5.74, 6) is 0.371. The second kappa shape index (κ2) is 5.85. The summed E-state index contributed by atoms with van der Waals surface area (Å²) in [7, 11) is 1.70. The van der Waals surface area contributed by atoms with Crippen molar-refractivity contribution in [1.82, 2.24) is 14.9 Å². The molecule has 0 unspecified atom stereocenters. The Hall–Kier alpha value is -2.51. The van der Waals surface area contributed by atoms with Gasteiger partial charge in [0.25, 0.3) is 11.5 Å². The Bertz CT molecular complexity index is 992. The Kier molecular flexibility index (Phi) is 3.66. The van der Waals surface area contributed by atoms with Crippen molar-refractivity contribution in [3.63, 3.8) is 0 Å². The predicted octanol–water partition coefficient (Wildman–Crippen LogP) is 2.29. The number of fused-ring (bicyclic) bond motifs is 2. The summed E-state index contributed by atoms with van der Waals surface area (Å²) < 4.78 is 6.03. The molecule has 1 N–H and O–H groups in total. The zero-order valence-electron chi connectivity index (χ0n) is 13.0. The molecule has 24 heavy (non-hydrogen) atoms. The number of aromatic amines is 1. The first-order valence-corrected chi connectivity index (χ1v) is 8.42. The van der Waals surface area contributed by atoms with Gasteiger partial charge in [0.05, 0.1) is 25.3 Å². The molecule has 0 spiro atoms. The van der Waals surface area contributed by atoms with Gasteiger partial charge in [0.15, 0.2) is 0 Å². The third-order valence-electron chi connectivity index (χ3n) is 4.10. The number of H-pyrrole nitrogens is 1. The van der Waals surface area contributed by atoms with Crippen LogP contribution in [0, 0.1) is 0 Å². The van der Waals surface area contributed by atoms with Crippen LogP contribution in [0.25, 0.3) is 10.2 Å². The van der Waals surface area contributed by atoms with Crippen LogP contribution in [-0.2, 0) is 24.5 Å². The van der Waals surface area contributed by atoms with Crippen LogP contribution in [0.4, 0.5) is 0 Å². The largest absolute Gasteiger partial charge is 0.372 e. The van der Waals surface area contributed by atoms with Crippen molar-refractivity contribution < 1.29 is 9.53 Å². The van der Waals surface area contributed by atoms with Crippen LogP contribution >= 0.6 is 11.3 Å². The van der Waals surface area contributed by atoms with Crippen molar-refractivity contribution in [3.05, 3.63) is 62.5 Å². The van der Waals surface area contributed by atoms with E-state index in [2.05, 4.69) is 9.97 Å². The number of carbonyl (C=O) groups excluding carboxylic acids is 1. The van der Waals surface area contributed by atoms with Crippen molar-refractivity contribution in [2.75, 3.05) is 7.05 Å². The number of amides is 1. The lowest BCUT2D eigenvalue weighted by atomic mass is 10.0. The van der Waals surface area contributed by atoms with Crippen LogP contribution in [0.1, 0.15) is 27.3 Å². The van der Waals surface area contributed by atoms with Gasteiger partial charge in [-0.25, -0.2) is 4.98 Å². The average molecular weight is 341 g/mol. The highest BCUT2D eigenvalue weighted by molar-refractivity contribution is 7.17. The molecule has 0 atom stereocenters. The maximum absolute atomic E-state index is 12.8. The summed E-state index contributed by atoms with van der Waals surface area (Å²) in [6, 6.07) is 7.46. The molecule has 7 heteroatoms. The van der Waals surface area contributed by atoms with Crippen LogP contribution in [0.3, 0.4) is 0 Å². The van der Waals surface area contributed by atoms with Gasteiger partial charge in [-0.05, 0) is 28.6 Å². The number of hydrogen-bond acceptors (Lipinski definition) is 5. The molecule has 6 nitrogen and oxygen atoms in total. The molecule has 0 fully saturated rings. The zero-order valence-corrected chi connectivity index (χ0v) is 13.9. The molecule has 3 heterocycles. The predicted molar refractivity (Wildman–Crippen MR) is 91.0 cm³/mol. The van der Waals surface area contributed by atoms with Crippen molar-refractivity contribution in [1.29, 1.82) is 0 Å². The molecule has 122 valence electrons. The van der Waals surface area contributed by atoms with E-state index in [-0.39, 0.29) is 18.0 Å². The van der Waals surface area contributed by atoms with E-state index >= 15 is 0 Å². The third-order valence-corrected chi connectivity index (χ3v) is 5.01. The van der Waals surface area contributed by atoms with Crippen molar-refractivity contribution >= 4 is 27.5 Å². The molecule has 1 aliphatic rings. The average Bonchev–Trinajstić information content (AvgIpc) is 3.22. The maximum Gasteiger partial charge on any atom is 0.268 e. The lowest BCUT2D eigenvalue weighted by Crippen LogP contribution is -2.29. The summed E-state index contributed by atoms with van der Waals surface area (Å²) in [4.78, 5) is 33.5. The lowest BCUT2D eigenvalue weighted by Gasteiger charge is -2.18. The molecule has 1 aromatic carbocycles. The number of thiophene rings is 1. The topological polar surface area (TPSA) is 75.3 Å². The molecular weight excluding hydrogens is 326 g/mol. The van der Waals surface area contributed by atoms with E-state index in [4.69, 9.17) is 4.74 Å². The standard InChI is InChI=1S/C17H15N3O3S/c1-20(7-14-18-13-5-6-24-15(13)16(21)19-14)17(22)11-4-2-3-10-8-23-9-12(10)11/h2-6H,7-9H2,1H3,(H,18,19,21). The summed E-state index contributed by atoms with van der Waals surface area (Å²) in [6.07, 6.45) is 0. The van der Waals surface area contributed by atoms with E-state index in [1.165, 1.54) is 11.3 Å². The number of rotatable bonds is 3. The van der Waals surface area contributed by atoms with Gasteiger partial charge in [-0.1, -0.05) is 12.1 Å². The molecule has 2 aromatic heterocycles. The van der Waals surface area contributed by atoms with E-state index in [0.29, 0.717) is 34.8 Å². The number of aromatic nitrogens is 2. The van der Waals surface area contributed by atoms with E-state index in [1.807, 2.05) is 29.6 Å². The zero-order chi connectivity index (χ0) is 16.7. The fourth-order valence-electron chi connectivity index (χ4n) is 2.90. The smallest absolute Gasteiger partial charge is 0.268 e. The summed E-state index contributed by atoms with van der Waals surface area (Å²) in [5, 5.41) is 1.83. The first kappa shape index (κ1) is 15.0. The number of hydrogen-bond donors (Lipinski definition) is 1. The van der Waals surface area contributed by atoms with E-state index < -0.39 is 0 Å². The van der Waals surface area contributed by atoms with Gasteiger partial charge in [0.2, 0.25) is 0 Å². The minimum atomic E-state index is -0.167. The number of nitrogens with zero attached hydrogens (tertiary/aromatic N) is 2. The Balaban J connectivity index is 1.61. The minimum Gasteiger partial charge on any atom is -0.372 e. The highest BCUT2D eigenvalue weighted by atomic mass is 32.1. The Morgan fingerprint density at radius 2 is 2.25 bits per heavy atom. The molecule has 1 aliphatic heterocycles. The van der Waals surface area contributed by atoms with Gasteiger partial charge in [-0.15, -0.1) is 11.3 Å². The van der Waals surface area contributed by atoms with Gasteiger partial charge in [0.1, 0.15) is 10.5 Å². The second-order valence-corrected chi connectivity index (χ2v) is 6.66. The number of nitrogens with one attached hydrogen (secondary N) is 1. The molecule has 0 saturated carbocycles. The molecule has 4 rings (SSSR count). The number of benzene rings is 1. The van der Waals surface area contributed by atoms with Gasteiger partial charge < -0.3 is 14.6 Å². The minimum absolute atomic E-state index is 0.106. The molecule has 0 radical (unpaired) electrons. The Morgan fingerprint density at radius 3 is 3.12 bits per heavy atom. The van der Waals surface area contributed by atoms with Crippen molar-refractivity contribution in [3.8, 4) is 0 Å². The fourth-order valence-corrected chi connectivity index (χ4v) is 3.63. The van der Waals surface area contributed by atoms with Crippen molar-refractivity contribution in [2.24, 2.45) is 0 Å². The third kappa shape index (κ3) is 2.51. The normalized spacial score (nSPS) is 13.2. The Labute approximate surface area is 141 Å². The van der Waals surface area contributed by atoms with Gasteiger partial charge >= 0.3 is 0 Å². The van der Waals surface area contributed by atoms with E-state index in [9.17, 15) is 9.59 Å². The monoisotopic (exact) mass is 341 g/mol. The highest BCUT2D eigenvalue weighted by Crippen LogP contribution is 2.24. The van der Waals surface area contributed by atoms with E-state index in [0.717, 1.165) is 11.1 Å². The van der Waals surface area contributed by atoms with Gasteiger partial charge in [0, 0.05) is 12.6 Å². The highest BCUT2D eigenvalue weighted by Gasteiger charge is 2.22. The Morgan fingerprint density at radius 1 is 1.38 bits per heavy atom. The maximum atomic E-state index is 12.8. The number of carbonyl (C=O) groups is 1. The fraction of sp³-hybridized carbons (Fsp3) is 0.235. The van der Waals surface area contributed by atoms with Crippen LogP contribution < -0.4 is 5.56 Å². The molecule has 3 aromatic rings. The first-order valence-electron chi connectivity index (χ1n) is 7.54. The van der Waals surface area contributed by atoms with Crippen LogP contribution in [0.2, 0.25) is 0 Å². The van der Waals surface area contributed by atoms with Crippen LogP contribution in [0.15, 0.2) is 34.4 Å². The van der Waals surface area contributed by atoms with E-state index in [1.54, 1.807) is 11.9 Å². The lowest BCUT2D eigenvalue weighted by molar-refractivity contribution is 0.0777. The first-order chi connectivity index (χ1) is 11.6. The molecule has 0 bridgehead atoms. The van der Waals surface area contributed by atoms with Crippen LogP contribution in [-0.4, -0.2) is 27.8 Å². The molecule has 0 saturated heterocycles. The van der Waals surface area contributed by atoms with Crippen molar-refractivity contribution in [2.45, 2.75) is 19.8 Å². The molecule has 1 amide bonds. The summed E-state index contributed by atoms with van der Waals surface area (Å²) in [6.45, 7) is 1.25. The SMILES string of the molecule is CN(Cc1nc2ccsc2c(=O)[nH]1)C(=O)c1cccc2c1COC2. The molecule has 0 aliphatic carbocycles. The quantitative estimate of drug-likeness (QED) is 0.793. The summed E-state index contributed by atoms with van der Waals surface area (Å²) >= 11 is 1.36. The van der Waals surface area contributed by atoms with Crippen LogP contribution in [0.5, 0.6) is 0 Å². The van der Waals surface area contributed by atoms with Gasteiger partial charge in [-0.3, -0.25) is 9.59 Å². The second-order valence-electron chi connectivity index (χ2n) is 5.74. The number of ether oxygens (including phenoxy) is 1. The summed E-state index contributed by atoms with van der Waals surface area (Å²) in [5.41, 5.74) is 3.14. The van der Waals surface area contributed by atoms with Gasteiger partial charge in [-0.2, -0.15) is 0 Å².